The molecule has 4 nitrogen and oxygen atoms in total. The van der Waals surface area contributed by atoms with Crippen molar-refractivity contribution in [2.24, 2.45) is 0 Å². The van der Waals surface area contributed by atoms with Gasteiger partial charge in [-0.2, -0.15) is 4.98 Å². The minimum absolute atomic E-state index is 0.619. The Morgan fingerprint density at radius 3 is 2.85 bits per heavy atom. The highest BCUT2D eigenvalue weighted by Crippen LogP contribution is 2.19. The van der Waals surface area contributed by atoms with Crippen LogP contribution in [0.5, 0.6) is 0 Å². The van der Waals surface area contributed by atoms with E-state index < -0.39 is 0 Å². The lowest BCUT2D eigenvalue weighted by Crippen LogP contribution is -2.25. The Morgan fingerprint density at radius 1 is 1.25 bits per heavy atom. The van der Waals surface area contributed by atoms with E-state index in [4.69, 9.17) is 4.52 Å². The average Bonchev–Trinajstić information content (AvgIpc) is 3.10. The van der Waals surface area contributed by atoms with Crippen molar-refractivity contribution in [2.75, 3.05) is 0 Å². The van der Waals surface area contributed by atoms with E-state index in [1.165, 1.54) is 31.2 Å². The smallest absolute Gasteiger partial charge is 0.240 e. The third kappa shape index (κ3) is 3.46. The Hall–Kier alpha value is -1.20. The van der Waals surface area contributed by atoms with Gasteiger partial charge in [0.1, 0.15) is 0 Å². The first-order chi connectivity index (χ1) is 9.81. The van der Waals surface area contributed by atoms with E-state index in [9.17, 15) is 0 Å². The van der Waals surface area contributed by atoms with Crippen LogP contribution in [-0.2, 0) is 13.0 Å². The van der Waals surface area contributed by atoms with Gasteiger partial charge >= 0.3 is 0 Å². The summed E-state index contributed by atoms with van der Waals surface area (Å²) in [5, 5.41) is 7.53. The van der Waals surface area contributed by atoms with Crippen molar-refractivity contribution < 1.29 is 4.52 Å². The lowest BCUT2D eigenvalue weighted by atomic mass is 10.1. The van der Waals surface area contributed by atoms with Crippen molar-refractivity contribution in [3.8, 4) is 0 Å². The van der Waals surface area contributed by atoms with Gasteiger partial charge in [-0.3, -0.25) is 0 Å². The van der Waals surface area contributed by atoms with Gasteiger partial charge in [0.25, 0.3) is 0 Å². The lowest BCUT2D eigenvalue weighted by molar-refractivity contribution is 0.353. The molecule has 20 heavy (non-hydrogen) atoms. The zero-order chi connectivity index (χ0) is 13.8. The van der Waals surface area contributed by atoms with Crippen molar-refractivity contribution in [1.29, 1.82) is 0 Å². The van der Waals surface area contributed by atoms with E-state index >= 15 is 0 Å². The topological polar surface area (TPSA) is 51.0 Å². The van der Waals surface area contributed by atoms with Gasteiger partial charge in [-0.05, 0) is 24.5 Å². The molecule has 0 atom stereocenters. The molecule has 0 amide bonds. The summed E-state index contributed by atoms with van der Waals surface area (Å²) in [6, 6.07) is 8.73. The lowest BCUT2D eigenvalue weighted by Gasteiger charge is -2.08. The van der Waals surface area contributed by atoms with Crippen molar-refractivity contribution in [3.63, 3.8) is 0 Å². The fourth-order valence-corrected chi connectivity index (χ4v) is 3.03. The SMILES string of the molecule is Brc1ccccc1Cc1noc(CNC2CCCC2)n1. The molecule has 0 unspecified atom stereocenters. The predicted octanol–water partition coefficient (Wildman–Crippen LogP) is 3.46. The maximum atomic E-state index is 5.30. The minimum atomic E-state index is 0.619. The molecule has 0 aliphatic heterocycles. The molecular weight excluding hydrogens is 318 g/mol. The normalized spacial score (nSPS) is 15.8. The zero-order valence-corrected chi connectivity index (χ0v) is 12.9. The van der Waals surface area contributed by atoms with Gasteiger partial charge in [0.15, 0.2) is 5.82 Å². The van der Waals surface area contributed by atoms with Crippen LogP contribution >= 0.6 is 15.9 Å². The summed E-state index contributed by atoms with van der Waals surface area (Å²) >= 11 is 3.54. The highest BCUT2D eigenvalue weighted by Gasteiger charge is 2.15. The first-order valence-corrected chi connectivity index (χ1v) is 7.89. The Labute approximate surface area is 127 Å². The van der Waals surface area contributed by atoms with Crippen LogP contribution in [0.2, 0.25) is 0 Å². The van der Waals surface area contributed by atoms with Gasteiger partial charge in [0.2, 0.25) is 5.89 Å². The molecule has 1 N–H and O–H groups in total. The number of benzene rings is 1. The third-order valence-corrected chi connectivity index (χ3v) is 4.49. The molecule has 1 aromatic heterocycles. The van der Waals surface area contributed by atoms with Crippen LogP contribution in [0.25, 0.3) is 0 Å². The summed E-state index contributed by atoms with van der Waals surface area (Å²) < 4.78 is 6.38. The molecule has 0 saturated heterocycles. The molecule has 106 valence electrons. The van der Waals surface area contributed by atoms with Gasteiger partial charge in [-0.1, -0.05) is 52.1 Å². The highest BCUT2D eigenvalue weighted by atomic mass is 79.9. The summed E-state index contributed by atoms with van der Waals surface area (Å²) in [6.45, 7) is 0.674. The molecule has 0 radical (unpaired) electrons. The van der Waals surface area contributed by atoms with Crippen LogP contribution in [-0.4, -0.2) is 16.2 Å². The second kappa shape index (κ2) is 6.50. The van der Waals surface area contributed by atoms with Crippen molar-refractivity contribution in [2.45, 2.75) is 44.7 Å². The number of hydrogen-bond donors (Lipinski definition) is 1. The first-order valence-electron chi connectivity index (χ1n) is 7.09. The summed E-state index contributed by atoms with van der Waals surface area (Å²) in [6.07, 6.45) is 5.87. The predicted molar refractivity (Wildman–Crippen MR) is 80.3 cm³/mol. The molecule has 1 aromatic carbocycles. The fraction of sp³-hybridized carbons (Fsp3) is 0.467. The van der Waals surface area contributed by atoms with E-state index in [1.807, 2.05) is 18.2 Å². The number of halogens is 1. The number of aromatic nitrogens is 2. The molecule has 1 aliphatic rings. The Kier molecular flexibility index (Phi) is 4.47. The second-order valence-corrected chi connectivity index (χ2v) is 6.09. The largest absolute Gasteiger partial charge is 0.338 e. The van der Waals surface area contributed by atoms with E-state index in [0.717, 1.165) is 10.3 Å². The van der Waals surface area contributed by atoms with Crippen LogP contribution < -0.4 is 5.32 Å². The minimum Gasteiger partial charge on any atom is -0.338 e. The monoisotopic (exact) mass is 335 g/mol. The molecule has 3 rings (SSSR count). The van der Waals surface area contributed by atoms with E-state index in [0.29, 0.717) is 24.9 Å². The molecule has 2 aromatic rings. The van der Waals surface area contributed by atoms with Gasteiger partial charge < -0.3 is 9.84 Å². The Morgan fingerprint density at radius 2 is 2.05 bits per heavy atom. The molecule has 1 saturated carbocycles. The van der Waals surface area contributed by atoms with Crippen LogP contribution in [0.15, 0.2) is 33.3 Å². The number of rotatable bonds is 5. The van der Waals surface area contributed by atoms with E-state index in [1.54, 1.807) is 0 Å². The second-order valence-electron chi connectivity index (χ2n) is 5.23. The van der Waals surface area contributed by atoms with Gasteiger partial charge in [0, 0.05) is 16.9 Å². The third-order valence-electron chi connectivity index (χ3n) is 3.71. The number of nitrogens with one attached hydrogen (secondary N) is 1. The fourth-order valence-electron chi connectivity index (χ4n) is 2.61. The van der Waals surface area contributed by atoms with Crippen LogP contribution in [0.4, 0.5) is 0 Å². The van der Waals surface area contributed by atoms with Crippen molar-refractivity contribution in [3.05, 3.63) is 46.0 Å². The highest BCUT2D eigenvalue weighted by molar-refractivity contribution is 9.10. The average molecular weight is 336 g/mol. The number of hydrogen-bond acceptors (Lipinski definition) is 4. The zero-order valence-electron chi connectivity index (χ0n) is 11.3. The Balaban J connectivity index is 1.57. The van der Waals surface area contributed by atoms with Gasteiger partial charge in [0.05, 0.1) is 6.54 Å². The summed E-state index contributed by atoms with van der Waals surface area (Å²) in [4.78, 5) is 4.45. The molecular formula is C15H18BrN3O. The van der Waals surface area contributed by atoms with Crippen molar-refractivity contribution in [1.82, 2.24) is 15.5 Å². The Bertz CT molecular complexity index is 564. The molecule has 1 fully saturated rings. The maximum absolute atomic E-state index is 5.30. The quantitative estimate of drug-likeness (QED) is 0.909. The first kappa shape index (κ1) is 13.8. The van der Waals surface area contributed by atoms with Gasteiger partial charge in [-0.15, -0.1) is 0 Å². The molecule has 5 heteroatoms. The standard InChI is InChI=1S/C15H18BrN3O/c16-13-8-4-1-5-11(13)9-14-18-15(20-19-14)10-17-12-6-2-3-7-12/h1,4-5,8,12,17H,2-3,6-7,9-10H2. The van der Waals surface area contributed by atoms with Crippen molar-refractivity contribution >= 4 is 15.9 Å². The number of nitrogens with zero attached hydrogens (tertiary/aromatic N) is 2. The molecule has 1 heterocycles. The van der Waals surface area contributed by atoms with Crippen LogP contribution in [0.1, 0.15) is 43.0 Å². The molecule has 0 bridgehead atoms. The molecule has 0 spiro atoms. The van der Waals surface area contributed by atoms with E-state index in [-0.39, 0.29) is 0 Å². The molecule has 1 aliphatic carbocycles. The van der Waals surface area contributed by atoms with Crippen LogP contribution in [0, 0.1) is 0 Å². The van der Waals surface area contributed by atoms with Crippen LogP contribution in [0.3, 0.4) is 0 Å². The summed E-state index contributed by atoms with van der Waals surface area (Å²) in [5.74, 6) is 1.42. The summed E-state index contributed by atoms with van der Waals surface area (Å²) in [7, 11) is 0. The maximum Gasteiger partial charge on any atom is 0.240 e. The summed E-state index contributed by atoms with van der Waals surface area (Å²) in [5.41, 5.74) is 1.17. The van der Waals surface area contributed by atoms with E-state index in [2.05, 4.69) is 37.5 Å². The van der Waals surface area contributed by atoms with Gasteiger partial charge in [-0.25, -0.2) is 0 Å².